The maximum atomic E-state index is 13.3. The number of alkyl halides is 1. The molecule has 2 fully saturated rings. The predicted molar refractivity (Wildman–Crippen MR) is 137 cm³/mol. The van der Waals surface area contributed by atoms with Gasteiger partial charge in [-0.1, -0.05) is 17.8 Å². The predicted octanol–water partition coefficient (Wildman–Crippen LogP) is 3.30. The second-order valence-corrected chi connectivity index (χ2v) is 11.0. The van der Waals surface area contributed by atoms with E-state index in [1.54, 1.807) is 12.4 Å². The number of rotatable bonds is 6. The number of hydrogen-bond acceptors (Lipinski definition) is 9. The summed E-state index contributed by atoms with van der Waals surface area (Å²) in [4.78, 5) is 23.7. The summed E-state index contributed by atoms with van der Waals surface area (Å²) in [5, 5.41) is 10.8. The quantitative estimate of drug-likeness (QED) is 0.520. The Morgan fingerprint density at radius 3 is 2.61 bits per heavy atom. The molecule has 3 aromatic rings. The largest absolute Gasteiger partial charge is 0.390 e. The monoisotopic (exact) mass is 507 g/mol. The van der Waals surface area contributed by atoms with E-state index in [1.165, 1.54) is 17.3 Å². The Bertz CT molecular complexity index is 1250. The molecule has 0 radical (unpaired) electrons. The molecule has 0 bridgehead atoms. The highest BCUT2D eigenvalue weighted by Gasteiger charge is 2.46. The highest BCUT2D eigenvalue weighted by atomic mass is 32.2. The smallest absolute Gasteiger partial charge is 0.152 e. The zero-order valence-corrected chi connectivity index (χ0v) is 20.9. The van der Waals surface area contributed by atoms with Crippen molar-refractivity contribution in [1.29, 1.82) is 0 Å². The second kappa shape index (κ2) is 9.57. The van der Waals surface area contributed by atoms with E-state index in [4.69, 9.17) is 15.7 Å². The van der Waals surface area contributed by atoms with Gasteiger partial charge in [0.15, 0.2) is 5.82 Å². The van der Waals surface area contributed by atoms with Crippen LogP contribution in [0.5, 0.6) is 0 Å². The molecule has 0 amide bonds. The normalized spacial score (nSPS) is 22.5. The second-order valence-electron chi connectivity index (χ2n) is 9.90. The molecular weight excluding hydrogens is 477 g/mol. The molecule has 2 atom stereocenters. The Labute approximate surface area is 214 Å². The maximum absolute atomic E-state index is 13.3. The number of aliphatic hydroxyl groups excluding tert-OH is 1. The first-order chi connectivity index (χ1) is 17.6. The SMILES string of the molecule is N[C@@H]1c2cccnc2CC12CCN(c1ncc(Sc3cccnc3N3CCC3CF)nc1CO)CC2. The Hall–Kier alpha value is -2.82. The minimum atomic E-state index is -0.380. The van der Waals surface area contributed by atoms with Crippen LogP contribution in [0.1, 0.15) is 42.3 Å². The van der Waals surface area contributed by atoms with Gasteiger partial charge < -0.3 is 20.6 Å². The molecule has 10 heteroatoms. The van der Waals surface area contributed by atoms with E-state index in [1.807, 2.05) is 29.3 Å². The lowest BCUT2D eigenvalue weighted by atomic mass is 9.73. The summed E-state index contributed by atoms with van der Waals surface area (Å²) < 4.78 is 13.3. The number of anilines is 2. The molecule has 3 N–H and O–H groups in total. The van der Waals surface area contributed by atoms with Crippen molar-refractivity contribution < 1.29 is 9.50 Å². The number of nitrogens with zero attached hydrogens (tertiary/aromatic N) is 6. The van der Waals surface area contributed by atoms with Crippen molar-refractivity contribution in [3.05, 3.63) is 59.8 Å². The number of halogens is 1. The summed E-state index contributed by atoms with van der Waals surface area (Å²) >= 11 is 1.44. The third-order valence-corrected chi connectivity index (χ3v) is 8.95. The Kier molecular flexibility index (Phi) is 6.27. The molecule has 0 saturated carbocycles. The van der Waals surface area contributed by atoms with E-state index >= 15 is 0 Å². The molecule has 1 unspecified atom stereocenters. The molecule has 0 aromatic carbocycles. The first-order valence-corrected chi connectivity index (χ1v) is 13.3. The summed E-state index contributed by atoms with van der Waals surface area (Å²) in [6.07, 6.45) is 8.97. The highest BCUT2D eigenvalue weighted by Crippen LogP contribution is 2.50. The first-order valence-electron chi connectivity index (χ1n) is 12.5. The fraction of sp³-hybridized carbons (Fsp3) is 0.462. The standard InChI is InChI=1S/C26H30FN7OS/c27-14-17-5-10-34(17)25-21(4-2-9-30-25)36-22-15-31-24(20(16-35)32-22)33-11-6-26(7-12-33)13-19-18(23(26)28)3-1-8-29-19/h1-4,8-9,15,17,23,35H,5-7,10-14,16,28H2/t17?,23-/m1/s1. The van der Waals surface area contributed by atoms with Crippen LogP contribution in [0.3, 0.4) is 0 Å². The van der Waals surface area contributed by atoms with Crippen LogP contribution in [0, 0.1) is 5.41 Å². The van der Waals surface area contributed by atoms with Crippen molar-refractivity contribution in [3.63, 3.8) is 0 Å². The topological polar surface area (TPSA) is 104 Å². The minimum Gasteiger partial charge on any atom is -0.390 e. The van der Waals surface area contributed by atoms with Crippen molar-refractivity contribution in [2.75, 3.05) is 36.1 Å². The Morgan fingerprint density at radius 1 is 1.08 bits per heavy atom. The Balaban J connectivity index is 1.18. The van der Waals surface area contributed by atoms with Gasteiger partial charge in [0.05, 0.1) is 23.7 Å². The van der Waals surface area contributed by atoms with Crippen LogP contribution in [0.2, 0.25) is 0 Å². The fourth-order valence-electron chi connectivity index (χ4n) is 5.80. The van der Waals surface area contributed by atoms with Crippen molar-refractivity contribution in [1.82, 2.24) is 19.9 Å². The van der Waals surface area contributed by atoms with E-state index in [9.17, 15) is 9.50 Å². The lowest BCUT2D eigenvalue weighted by Gasteiger charge is -2.42. The number of aromatic nitrogens is 4. The van der Waals surface area contributed by atoms with Crippen molar-refractivity contribution in [2.45, 2.75) is 54.3 Å². The fourth-order valence-corrected chi connectivity index (χ4v) is 6.69. The van der Waals surface area contributed by atoms with Crippen LogP contribution in [-0.4, -0.2) is 57.4 Å². The van der Waals surface area contributed by atoms with Gasteiger partial charge in [0, 0.05) is 43.8 Å². The summed E-state index contributed by atoms with van der Waals surface area (Å²) in [6, 6.07) is 7.80. The van der Waals surface area contributed by atoms with Crippen LogP contribution in [-0.2, 0) is 13.0 Å². The average Bonchev–Trinajstić information content (AvgIpc) is 3.16. The number of hydrogen-bond donors (Lipinski definition) is 2. The van der Waals surface area contributed by atoms with Gasteiger partial charge in [-0.25, -0.2) is 19.3 Å². The van der Waals surface area contributed by atoms with E-state index in [0.29, 0.717) is 10.7 Å². The van der Waals surface area contributed by atoms with Crippen LogP contribution < -0.4 is 15.5 Å². The molecular formula is C26H30FN7OS. The van der Waals surface area contributed by atoms with Gasteiger partial charge in [-0.2, -0.15) is 0 Å². The molecule has 1 spiro atoms. The van der Waals surface area contributed by atoms with Crippen molar-refractivity contribution in [3.8, 4) is 0 Å². The zero-order valence-electron chi connectivity index (χ0n) is 20.1. The van der Waals surface area contributed by atoms with Gasteiger partial charge in [-0.3, -0.25) is 4.98 Å². The Morgan fingerprint density at radius 2 is 1.89 bits per heavy atom. The van der Waals surface area contributed by atoms with Crippen LogP contribution in [0.15, 0.2) is 52.8 Å². The molecule has 2 aliphatic heterocycles. The van der Waals surface area contributed by atoms with Gasteiger partial charge >= 0.3 is 0 Å². The van der Waals surface area contributed by atoms with Crippen LogP contribution >= 0.6 is 11.8 Å². The summed E-state index contributed by atoms with van der Waals surface area (Å²) in [6.45, 7) is 1.84. The summed E-state index contributed by atoms with van der Waals surface area (Å²) in [7, 11) is 0. The molecule has 5 heterocycles. The highest BCUT2D eigenvalue weighted by molar-refractivity contribution is 7.99. The van der Waals surface area contributed by atoms with Gasteiger partial charge in [0.25, 0.3) is 0 Å². The molecule has 36 heavy (non-hydrogen) atoms. The third-order valence-electron chi connectivity index (χ3n) is 8.01. The molecule has 2 saturated heterocycles. The molecule has 3 aromatic heterocycles. The van der Waals surface area contributed by atoms with E-state index < -0.39 is 0 Å². The van der Waals surface area contributed by atoms with Crippen molar-refractivity contribution >= 4 is 23.4 Å². The van der Waals surface area contributed by atoms with Crippen LogP contribution in [0.25, 0.3) is 0 Å². The number of fused-ring (bicyclic) bond motifs is 1. The lowest BCUT2D eigenvalue weighted by Crippen LogP contribution is -2.49. The molecule has 1 aliphatic carbocycles. The number of aliphatic hydroxyl groups is 1. The lowest BCUT2D eigenvalue weighted by molar-refractivity contribution is 0.186. The third kappa shape index (κ3) is 4.01. The number of pyridine rings is 2. The first kappa shape index (κ1) is 23.6. The van der Waals surface area contributed by atoms with E-state index in [2.05, 4.69) is 20.9 Å². The van der Waals surface area contributed by atoms with Crippen LogP contribution in [0.4, 0.5) is 16.0 Å². The van der Waals surface area contributed by atoms with Gasteiger partial charge in [-0.15, -0.1) is 0 Å². The van der Waals surface area contributed by atoms with E-state index in [-0.39, 0.29) is 30.8 Å². The average molecular weight is 508 g/mol. The van der Waals surface area contributed by atoms with Gasteiger partial charge in [0.2, 0.25) is 0 Å². The number of piperidine rings is 1. The van der Waals surface area contributed by atoms with Gasteiger partial charge in [-0.05, 0) is 54.9 Å². The minimum absolute atomic E-state index is 0.00241. The molecule has 3 aliphatic rings. The molecule has 6 rings (SSSR count). The molecule has 188 valence electrons. The summed E-state index contributed by atoms with van der Waals surface area (Å²) in [5.74, 6) is 1.50. The number of nitrogens with two attached hydrogens (primary N) is 1. The maximum Gasteiger partial charge on any atom is 0.152 e. The molecule has 8 nitrogen and oxygen atoms in total. The summed E-state index contributed by atoms with van der Waals surface area (Å²) in [5.41, 5.74) is 9.59. The van der Waals surface area contributed by atoms with E-state index in [0.717, 1.165) is 67.5 Å². The zero-order chi connectivity index (χ0) is 24.7. The van der Waals surface area contributed by atoms with Crippen molar-refractivity contribution in [2.24, 2.45) is 11.1 Å². The van der Waals surface area contributed by atoms with Gasteiger partial charge in [0.1, 0.15) is 23.2 Å².